The quantitative estimate of drug-likeness (QED) is 0.0199. The Morgan fingerprint density at radius 3 is 1.15 bits per heavy atom. The van der Waals surface area contributed by atoms with Crippen LogP contribution in [0.1, 0.15) is 239 Å². The number of hydrogen-bond donors (Lipinski definition) is 0. The van der Waals surface area contributed by atoms with Gasteiger partial charge >= 0.3 is 17.9 Å². The summed E-state index contributed by atoms with van der Waals surface area (Å²) in [5, 5.41) is 0. The van der Waals surface area contributed by atoms with Crippen molar-refractivity contribution in [1.29, 1.82) is 0 Å². The van der Waals surface area contributed by atoms with E-state index in [1.807, 2.05) is 54.7 Å². The van der Waals surface area contributed by atoms with Crippen molar-refractivity contribution >= 4 is 17.9 Å². The van der Waals surface area contributed by atoms with Gasteiger partial charge in [0, 0.05) is 19.3 Å². The highest BCUT2D eigenvalue weighted by Crippen LogP contribution is 2.15. The summed E-state index contributed by atoms with van der Waals surface area (Å²) < 4.78 is 16.8. The van der Waals surface area contributed by atoms with E-state index in [4.69, 9.17) is 14.2 Å². The van der Waals surface area contributed by atoms with Crippen molar-refractivity contribution in [2.75, 3.05) is 13.2 Å². The van der Waals surface area contributed by atoms with E-state index in [0.717, 1.165) is 70.6 Å². The molecule has 0 aromatic heterocycles. The zero-order valence-corrected chi connectivity index (χ0v) is 43.4. The Kier molecular flexibility index (Phi) is 51.5. The summed E-state index contributed by atoms with van der Waals surface area (Å²) in [6.07, 6.45) is 73.7. The van der Waals surface area contributed by atoms with Gasteiger partial charge in [0.1, 0.15) is 13.2 Å². The molecule has 6 heteroatoms. The number of carbonyl (C=O) groups excluding carboxylic acids is 3. The van der Waals surface area contributed by atoms with Crippen molar-refractivity contribution < 1.29 is 28.6 Å². The van der Waals surface area contributed by atoms with Gasteiger partial charge in [0.25, 0.3) is 0 Å². The molecule has 6 nitrogen and oxygen atoms in total. The molecule has 0 aliphatic rings. The van der Waals surface area contributed by atoms with Crippen molar-refractivity contribution in [3.63, 3.8) is 0 Å². The Morgan fingerprint density at radius 2 is 0.672 bits per heavy atom. The summed E-state index contributed by atoms with van der Waals surface area (Å²) in [5.74, 6) is -0.994. The summed E-state index contributed by atoms with van der Waals surface area (Å²) in [5.41, 5.74) is 0. The number of carbonyl (C=O) groups is 3. The van der Waals surface area contributed by atoms with Gasteiger partial charge in [0.15, 0.2) is 6.10 Å². The fourth-order valence-corrected chi connectivity index (χ4v) is 7.30. The monoisotopic (exact) mass is 929 g/mol. The molecular weight excluding hydrogens is 829 g/mol. The first-order valence-electron chi connectivity index (χ1n) is 27.5. The Morgan fingerprint density at radius 1 is 0.328 bits per heavy atom. The number of rotatable bonds is 48. The van der Waals surface area contributed by atoms with Gasteiger partial charge < -0.3 is 14.2 Å². The third-order valence-electron chi connectivity index (χ3n) is 11.4. The molecule has 0 spiro atoms. The van der Waals surface area contributed by atoms with Gasteiger partial charge in [-0.05, 0) is 89.9 Å². The maximum atomic E-state index is 12.8. The molecule has 67 heavy (non-hydrogen) atoms. The molecule has 0 bridgehead atoms. The van der Waals surface area contributed by atoms with Crippen molar-refractivity contribution in [3.05, 3.63) is 109 Å². The van der Waals surface area contributed by atoms with Gasteiger partial charge in [-0.2, -0.15) is 0 Å². The zero-order chi connectivity index (χ0) is 48.6. The molecule has 0 saturated heterocycles. The number of hydrogen-bond acceptors (Lipinski definition) is 6. The summed E-state index contributed by atoms with van der Waals surface area (Å²) in [7, 11) is 0. The van der Waals surface area contributed by atoms with E-state index in [0.29, 0.717) is 19.3 Å². The topological polar surface area (TPSA) is 78.9 Å². The van der Waals surface area contributed by atoms with E-state index in [1.165, 1.54) is 122 Å². The van der Waals surface area contributed by atoms with Crippen LogP contribution in [-0.4, -0.2) is 37.2 Å². The lowest BCUT2D eigenvalue weighted by Crippen LogP contribution is -2.30. The van der Waals surface area contributed by atoms with E-state index in [9.17, 15) is 14.4 Å². The average molecular weight is 929 g/mol. The van der Waals surface area contributed by atoms with Crippen molar-refractivity contribution in [1.82, 2.24) is 0 Å². The van der Waals surface area contributed by atoms with Crippen LogP contribution in [0.3, 0.4) is 0 Å². The first-order valence-corrected chi connectivity index (χ1v) is 27.5. The van der Waals surface area contributed by atoms with Crippen LogP contribution in [0.15, 0.2) is 109 Å². The predicted molar refractivity (Wildman–Crippen MR) is 288 cm³/mol. The van der Waals surface area contributed by atoms with Crippen LogP contribution in [0.5, 0.6) is 0 Å². The molecule has 0 amide bonds. The summed E-state index contributed by atoms with van der Waals surface area (Å²) in [6, 6.07) is 0. The van der Waals surface area contributed by atoms with Crippen molar-refractivity contribution in [3.8, 4) is 0 Å². The molecule has 0 fully saturated rings. The molecule has 0 N–H and O–H groups in total. The average Bonchev–Trinajstić information content (AvgIpc) is 3.33. The Bertz CT molecular complexity index is 1390. The minimum absolute atomic E-state index is 0.107. The third-order valence-corrected chi connectivity index (χ3v) is 11.4. The highest BCUT2D eigenvalue weighted by molar-refractivity contribution is 5.71. The molecule has 1 unspecified atom stereocenters. The van der Waals surface area contributed by atoms with E-state index >= 15 is 0 Å². The second-order valence-electron chi connectivity index (χ2n) is 17.8. The largest absolute Gasteiger partial charge is 0.462 e. The van der Waals surface area contributed by atoms with E-state index < -0.39 is 6.10 Å². The first-order chi connectivity index (χ1) is 33.0. The Labute approximate surface area is 412 Å². The minimum atomic E-state index is -0.813. The van der Waals surface area contributed by atoms with E-state index in [2.05, 4.69) is 75.5 Å². The van der Waals surface area contributed by atoms with E-state index in [1.54, 1.807) is 0 Å². The zero-order valence-electron chi connectivity index (χ0n) is 43.4. The molecule has 0 aromatic rings. The predicted octanol–water partition coefficient (Wildman–Crippen LogP) is 18.3. The van der Waals surface area contributed by atoms with Gasteiger partial charge in [-0.3, -0.25) is 14.4 Å². The Hall–Kier alpha value is -3.93. The first kappa shape index (κ1) is 63.1. The molecule has 1 atom stereocenters. The van der Waals surface area contributed by atoms with E-state index in [-0.39, 0.29) is 37.5 Å². The number of esters is 3. The van der Waals surface area contributed by atoms with Crippen LogP contribution < -0.4 is 0 Å². The smallest absolute Gasteiger partial charge is 0.306 e. The lowest BCUT2D eigenvalue weighted by Gasteiger charge is -2.18. The SMILES string of the molecule is CC\C=C/C=C\C=C/C=C\C=C/CCCC(=O)OCC(COC(=O)CCCCCCCCCCC/C=C\C/C=C\C/C=C\CC)OC(=O)CCCCCCCCC/C=C\CCCCCCCC. The number of unbranched alkanes of at least 4 members (excludes halogenated alkanes) is 23. The third kappa shape index (κ3) is 52.9. The summed E-state index contributed by atoms with van der Waals surface area (Å²) >= 11 is 0. The molecule has 380 valence electrons. The fourth-order valence-electron chi connectivity index (χ4n) is 7.30. The van der Waals surface area contributed by atoms with Gasteiger partial charge in [-0.25, -0.2) is 0 Å². The minimum Gasteiger partial charge on any atom is -0.462 e. The maximum absolute atomic E-state index is 12.8. The van der Waals surface area contributed by atoms with Crippen LogP contribution >= 0.6 is 0 Å². The normalized spacial score (nSPS) is 12.9. The number of allylic oxidation sites excluding steroid dienone is 18. The molecule has 0 heterocycles. The highest BCUT2D eigenvalue weighted by atomic mass is 16.6. The summed E-state index contributed by atoms with van der Waals surface area (Å²) in [4.78, 5) is 38.1. The van der Waals surface area contributed by atoms with Crippen LogP contribution in [-0.2, 0) is 28.6 Å². The van der Waals surface area contributed by atoms with Crippen LogP contribution in [0.25, 0.3) is 0 Å². The lowest BCUT2D eigenvalue weighted by molar-refractivity contribution is -0.167. The second-order valence-corrected chi connectivity index (χ2v) is 17.8. The van der Waals surface area contributed by atoms with Crippen LogP contribution in [0.4, 0.5) is 0 Å². The van der Waals surface area contributed by atoms with Crippen LogP contribution in [0, 0.1) is 0 Å². The molecule has 0 aliphatic heterocycles. The maximum Gasteiger partial charge on any atom is 0.306 e. The van der Waals surface area contributed by atoms with Gasteiger partial charge in [-0.1, -0.05) is 239 Å². The Balaban J connectivity index is 4.46. The lowest BCUT2D eigenvalue weighted by atomic mass is 10.1. The molecule has 0 aliphatic carbocycles. The molecule has 0 radical (unpaired) electrons. The van der Waals surface area contributed by atoms with Crippen LogP contribution in [0.2, 0.25) is 0 Å². The highest BCUT2D eigenvalue weighted by Gasteiger charge is 2.19. The second kappa shape index (κ2) is 54.7. The fraction of sp³-hybridized carbons (Fsp3) is 0.656. The number of ether oxygens (including phenoxy) is 3. The van der Waals surface area contributed by atoms with Gasteiger partial charge in [0.05, 0.1) is 0 Å². The molecule has 0 aromatic carbocycles. The standard InChI is InChI=1S/C61H100O6/c1-4-7-10-13-16-19-22-25-27-29-30-32-33-36-39-42-45-48-51-54-60(63)66-57-58(56-65-59(62)53-50-47-44-41-38-35-24-21-18-15-12-9-6-3)67-61(64)55-52-49-46-43-40-37-34-31-28-26-23-20-17-14-11-8-5-2/h7,9-10,12,15-16,18-19,21,24-28,35,38,41,44,58H,4-6,8,11,13-14,17,20,22-23,29-34,36-37,39-40,42-43,45-57H2,1-3H3/b10-7-,12-9-,18-15-,19-16-,24-21-,27-25-,28-26-,38-35-,44-41-. The summed E-state index contributed by atoms with van der Waals surface area (Å²) in [6.45, 7) is 6.31. The van der Waals surface area contributed by atoms with Crippen molar-refractivity contribution in [2.24, 2.45) is 0 Å². The molecule has 0 rings (SSSR count). The van der Waals surface area contributed by atoms with Crippen molar-refractivity contribution in [2.45, 2.75) is 245 Å². The van der Waals surface area contributed by atoms with Gasteiger partial charge in [0.2, 0.25) is 0 Å². The molecular formula is C61H100O6. The van der Waals surface area contributed by atoms with Gasteiger partial charge in [-0.15, -0.1) is 0 Å². The molecule has 0 saturated carbocycles.